The van der Waals surface area contributed by atoms with Gasteiger partial charge in [0.1, 0.15) is 11.5 Å². The minimum Gasteiger partial charge on any atom is -0.503 e. The summed E-state index contributed by atoms with van der Waals surface area (Å²) in [5, 5.41) is 13.6. The Morgan fingerprint density at radius 2 is 2.00 bits per heavy atom. The molecule has 0 saturated heterocycles. The molecule has 0 saturated carbocycles. The van der Waals surface area contributed by atoms with Crippen molar-refractivity contribution in [2.45, 2.75) is 0 Å². The van der Waals surface area contributed by atoms with Crippen LogP contribution in [0.4, 0.5) is 5.13 Å². The molecule has 4 rings (SSSR count). The van der Waals surface area contributed by atoms with Gasteiger partial charge in [-0.05, 0) is 24.3 Å². The van der Waals surface area contributed by atoms with E-state index in [-0.39, 0.29) is 17.2 Å². The summed E-state index contributed by atoms with van der Waals surface area (Å²) in [4.78, 5) is 20.8. The van der Waals surface area contributed by atoms with E-state index in [1.165, 1.54) is 30.7 Å². The second-order valence-corrected chi connectivity index (χ2v) is 7.28. The first-order chi connectivity index (χ1) is 14.0. The number of pyridine rings is 1. The molecule has 0 bridgehead atoms. The number of nitrogens with zero attached hydrogens (tertiary/aromatic N) is 2. The average Bonchev–Trinajstić information content (AvgIpc) is 3.11. The van der Waals surface area contributed by atoms with Crippen molar-refractivity contribution in [1.29, 1.82) is 0 Å². The highest BCUT2D eigenvalue weighted by Crippen LogP contribution is 2.34. The molecule has 2 N–H and O–H groups in total. The Morgan fingerprint density at radius 1 is 1.17 bits per heavy atom. The summed E-state index contributed by atoms with van der Waals surface area (Å²) in [5.41, 5.74) is 0.547. The lowest BCUT2D eigenvalue weighted by Crippen LogP contribution is -2.13. The van der Waals surface area contributed by atoms with E-state index in [1.54, 1.807) is 24.3 Å². The molecule has 2 aromatic carbocycles. The quantitative estimate of drug-likeness (QED) is 0.460. The number of para-hydroxylation sites is 1. The SMILES string of the molecule is COc1ccnc(C(=O)Nc2nc3ccc(Oc4ccccc4Cl)cc3s2)c1O. The summed E-state index contributed by atoms with van der Waals surface area (Å²) in [5.74, 6) is 0.387. The van der Waals surface area contributed by atoms with Crippen molar-refractivity contribution in [3.8, 4) is 23.0 Å². The molecule has 29 heavy (non-hydrogen) atoms. The monoisotopic (exact) mass is 427 g/mol. The van der Waals surface area contributed by atoms with Crippen LogP contribution in [0.3, 0.4) is 0 Å². The minimum atomic E-state index is -0.590. The van der Waals surface area contributed by atoms with Gasteiger partial charge in [-0.2, -0.15) is 0 Å². The zero-order valence-corrected chi connectivity index (χ0v) is 16.6. The molecule has 0 aliphatic heterocycles. The third-order valence-corrected chi connectivity index (χ3v) is 5.21. The summed E-state index contributed by atoms with van der Waals surface area (Å²) in [6.45, 7) is 0. The number of aromatic nitrogens is 2. The van der Waals surface area contributed by atoms with E-state index in [1.807, 2.05) is 18.2 Å². The molecule has 9 heteroatoms. The van der Waals surface area contributed by atoms with Crippen molar-refractivity contribution < 1.29 is 19.4 Å². The van der Waals surface area contributed by atoms with Gasteiger partial charge in [0.2, 0.25) is 0 Å². The Morgan fingerprint density at radius 3 is 2.79 bits per heavy atom. The number of nitrogens with one attached hydrogen (secondary N) is 1. The number of fused-ring (bicyclic) bond motifs is 1. The molecule has 7 nitrogen and oxygen atoms in total. The van der Waals surface area contributed by atoms with E-state index >= 15 is 0 Å². The first-order valence-corrected chi connectivity index (χ1v) is 9.61. The maximum atomic E-state index is 12.5. The van der Waals surface area contributed by atoms with Crippen LogP contribution >= 0.6 is 22.9 Å². The average molecular weight is 428 g/mol. The van der Waals surface area contributed by atoms with Gasteiger partial charge in [-0.3, -0.25) is 10.1 Å². The van der Waals surface area contributed by atoms with Crippen molar-refractivity contribution >= 4 is 44.2 Å². The topological polar surface area (TPSA) is 93.6 Å². The predicted molar refractivity (Wildman–Crippen MR) is 112 cm³/mol. The number of methoxy groups -OCH3 is 1. The van der Waals surface area contributed by atoms with Gasteiger partial charge in [0.25, 0.3) is 5.91 Å². The van der Waals surface area contributed by atoms with Crippen LogP contribution in [0.2, 0.25) is 5.02 Å². The second-order valence-electron chi connectivity index (χ2n) is 5.85. The standard InChI is InChI=1S/C20H14ClN3O4S/c1-27-15-8-9-22-17(18(15)25)19(26)24-20-23-13-7-6-11(10-16(13)29-20)28-14-5-3-2-4-12(14)21/h2-10,25H,1H3,(H,23,24,26). The minimum absolute atomic E-state index is 0.147. The number of anilines is 1. The van der Waals surface area contributed by atoms with Crippen LogP contribution < -0.4 is 14.8 Å². The van der Waals surface area contributed by atoms with Crippen molar-refractivity contribution in [3.05, 3.63) is 65.4 Å². The van der Waals surface area contributed by atoms with E-state index in [2.05, 4.69) is 15.3 Å². The number of hydrogen-bond donors (Lipinski definition) is 2. The molecule has 2 heterocycles. The molecule has 0 aliphatic carbocycles. The van der Waals surface area contributed by atoms with E-state index in [4.69, 9.17) is 21.1 Å². The van der Waals surface area contributed by atoms with Crippen molar-refractivity contribution in [3.63, 3.8) is 0 Å². The Kier molecular flexibility index (Phi) is 5.20. The number of carbonyl (C=O) groups is 1. The van der Waals surface area contributed by atoms with Gasteiger partial charge in [-0.1, -0.05) is 35.1 Å². The van der Waals surface area contributed by atoms with Gasteiger partial charge in [0, 0.05) is 18.3 Å². The molecular formula is C20H14ClN3O4S. The lowest BCUT2D eigenvalue weighted by Gasteiger charge is -2.06. The van der Waals surface area contributed by atoms with Crippen LogP contribution in [0, 0.1) is 0 Å². The number of aromatic hydroxyl groups is 1. The Hall–Kier alpha value is -3.36. The van der Waals surface area contributed by atoms with Gasteiger partial charge < -0.3 is 14.6 Å². The van der Waals surface area contributed by atoms with Crippen molar-refractivity contribution in [1.82, 2.24) is 9.97 Å². The number of rotatable bonds is 5. The van der Waals surface area contributed by atoms with Gasteiger partial charge in [0.15, 0.2) is 22.3 Å². The first-order valence-electron chi connectivity index (χ1n) is 8.41. The van der Waals surface area contributed by atoms with Crippen LogP contribution in [0.25, 0.3) is 10.2 Å². The highest BCUT2D eigenvalue weighted by atomic mass is 35.5. The smallest absolute Gasteiger partial charge is 0.280 e. The van der Waals surface area contributed by atoms with E-state index in [0.29, 0.717) is 27.2 Å². The summed E-state index contributed by atoms with van der Waals surface area (Å²) < 4.78 is 11.6. The van der Waals surface area contributed by atoms with Crippen molar-refractivity contribution in [2.75, 3.05) is 12.4 Å². The summed E-state index contributed by atoms with van der Waals surface area (Å²) in [7, 11) is 1.40. The Bertz CT molecular complexity index is 1210. The van der Waals surface area contributed by atoms with Crippen LogP contribution in [-0.4, -0.2) is 28.1 Å². The summed E-state index contributed by atoms with van der Waals surface area (Å²) >= 11 is 7.40. The fourth-order valence-electron chi connectivity index (χ4n) is 2.60. The lowest BCUT2D eigenvalue weighted by molar-refractivity contribution is 0.101. The third kappa shape index (κ3) is 3.94. The fraction of sp³-hybridized carbons (Fsp3) is 0.0500. The number of thiazole rings is 1. The molecular weight excluding hydrogens is 414 g/mol. The molecule has 0 aliphatic rings. The highest BCUT2D eigenvalue weighted by Gasteiger charge is 2.18. The van der Waals surface area contributed by atoms with Gasteiger partial charge >= 0.3 is 0 Å². The van der Waals surface area contributed by atoms with Crippen LogP contribution in [0.5, 0.6) is 23.0 Å². The van der Waals surface area contributed by atoms with Gasteiger partial charge in [-0.25, -0.2) is 9.97 Å². The summed E-state index contributed by atoms with van der Waals surface area (Å²) in [6, 6.07) is 14.0. The van der Waals surface area contributed by atoms with Crippen LogP contribution in [0.1, 0.15) is 10.5 Å². The highest BCUT2D eigenvalue weighted by molar-refractivity contribution is 7.22. The molecule has 4 aromatic rings. The number of amides is 1. The van der Waals surface area contributed by atoms with E-state index in [9.17, 15) is 9.90 Å². The Balaban J connectivity index is 1.56. The summed E-state index contributed by atoms with van der Waals surface area (Å²) in [6.07, 6.45) is 1.38. The maximum absolute atomic E-state index is 12.5. The van der Waals surface area contributed by atoms with Crippen molar-refractivity contribution in [2.24, 2.45) is 0 Å². The molecule has 0 fully saturated rings. The van der Waals surface area contributed by atoms with Crippen LogP contribution in [-0.2, 0) is 0 Å². The number of ether oxygens (including phenoxy) is 2. The van der Waals surface area contributed by atoms with E-state index in [0.717, 1.165) is 4.70 Å². The normalized spacial score (nSPS) is 10.7. The molecule has 0 atom stereocenters. The number of carbonyl (C=O) groups excluding carboxylic acids is 1. The zero-order valence-electron chi connectivity index (χ0n) is 15.0. The van der Waals surface area contributed by atoms with E-state index < -0.39 is 5.91 Å². The number of halogens is 1. The maximum Gasteiger partial charge on any atom is 0.280 e. The largest absolute Gasteiger partial charge is 0.503 e. The van der Waals surface area contributed by atoms with Gasteiger partial charge in [-0.15, -0.1) is 0 Å². The second kappa shape index (κ2) is 7.94. The molecule has 0 spiro atoms. The zero-order chi connectivity index (χ0) is 20.4. The first kappa shape index (κ1) is 19.0. The third-order valence-electron chi connectivity index (χ3n) is 3.97. The molecule has 2 aromatic heterocycles. The molecule has 1 amide bonds. The molecule has 0 radical (unpaired) electrons. The predicted octanol–water partition coefficient (Wildman–Crippen LogP) is 5.10. The molecule has 146 valence electrons. The van der Waals surface area contributed by atoms with Crippen LogP contribution in [0.15, 0.2) is 54.7 Å². The van der Waals surface area contributed by atoms with Gasteiger partial charge in [0.05, 0.1) is 22.3 Å². The number of benzene rings is 2. The lowest BCUT2D eigenvalue weighted by atomic mass is 10.3. The molecule has 0 unspecified atom stereocenters. The number of hydrogen-bond acceptors (Lipinski definition) is 7. The Labute approximate surface area is 174 Å². The fourth-order valence-corrected chi connectivity index (χ4v) is 3.66.